The van der Waals surface area contributed by atoms with Crippen molar-refractivity contribution in [1.29, 1.82) is 0 Å². The first-order valence-electron chi connectivity index (χ1n) is 5.36. The largest absolute Gasteiger partial charge is 0.480 e. The molecule has 1 aromatic carbocycles. The molecule has 0 aliphatic carbocycles. The van der Waals surface area contributed by atoms with Gasteiger partial charge in [0.2, 0.25) is 0 Å². The van der Waals surface area contributed by atoms with Gasteiger partial charge in [0.25, 0.3) is 0 Å². The summed E-state index contributed by atoms with van der Waals surface area (Å²) in [6, 6.07) is 6.43. The average molecular weight is 244 g/mol. The zero-order valence-corrected chi connectivity index (χ0v) is 9.52. The highest BCUT2D eigenvalue weighted by atomic mass is 16.4. The molecular weight excluding hydrogens is 232 g/mol. The summed E-state index contributed by atoms with van der Waals surface area (Å²) in [5, 5.41) is 8.72. The SMILES string of the molecule is NC(Cc1ccc(-c2ncncn2)cc1)C(=O)O. The van der Waals surface area contributed by atoms with Gasteiger partial charge in [-0.15, -0.1) is 0 Å². The molecule has 2 aromatic rings. The number of carboxylic acid groups (broad SMARTS) is 1. The predicted molar refractivity (Wildman–Crippen MR) is 64.6 cm³/mol. The quantitative estimate of drug-likeness (QED) is 0.811. The lowest BCUT2D eigenvalue weighted by Gasteiger charge is -2.06. The van der Waals surface area contributed by atoms with E-state index in [1.165, 1.54) is 12.7 Å². The Labute approximate surface area is 104 Å². The maximum absolute atomic E-state index is 10.6. The van der Waals surface area contributed by atoms with Crippen molar-refractivity contribution in [1.82, 2.24) is 15.0 Å². The number of aromatic nitrogens is 3. The third kappa shape index (κ3) is 2.86. The number of hydrogen-bond acceptors (Lipinski definition) is 5. The molecule has 1 aromatic heterocycles. The van der Waals surface area contributed by atoms with E-state index in [-0.39, 0.29) is 0 Å². The maximum Gasteiger partial charge on any atom is 0.320 e. The van der Waals surface area contributed by atoms with E-state index in [1.54, 1.807) is 0 Å². The molecule has 2 rings (SSSR count). The molecule has 1 atom stereocenters. The number of nitrogens with zero attached hydrogens (tertiary/aromatic N) is 3. The third-order valence-corrected chi connectivity index (χ3v) is 2.48. The topological polar surface area (TPSA) is 102 Å². The van der Waals surface area contributed by atoms with Crippen molar-refractivity contribution in [3.8, 4) is 11.4 Å². The Morgan fingerprint density at radius 2 is 1.83 bits per heavy atom. The maximum atomic E-state index is 10.6. The summed E-state index contributed by atoms with van der Waals surface area (Å²) < 4.78 is 0. The van der Waals surface area contributed by atoms with Crippen LogP contribution in [-0.2, 0) is 11.2 Å². The van der Waals surface area contributed by atoms with Crippen molar-refractivity contribution >= 4 is 5.97 Å². The number of carbonyl (C=O) groups is 1. The van der Waals surface area contributed by atoms with Crippen LogP contribution in [0.4, 0.5) is 0 Å². The lowest BCUT2D eigenvalue weighted by molar-refractivity contribution is -0.138. The van der Waals surface area contributed by atoms with Crippen LogP contribution in [0.15, 0.2) is 36.9 Å². The van der Waals surface area contributed by atoms with E-state index in [2.05, 4.69) is 15.0 Å². The molecule has 0 fully saturated rings. The summed E-state index contributed by atoms with van der Waals surface area (Å²) in [5.41, 5.74) is 7.18. The van der Waals surface area contributed by atoms with E-state index in [4.69, 9.17) is 10.8 Å². The van der Waals surface area contributed by atoms with Crippen molar-refractivity contribution in [2.24, 2.45) is 5.73 Å². The van der Waals surface area contributed by atoms with E-state index < -0.39 is 12.0 Å². The number of carboxylic acids is 1. The molecule has 0 saturated carbocycles. The number of aliphatic carboxylic acids is 1. The fourth-order valence-corrected chi connectivity index (χ4v) is 1.52. The van der Waals surface area contributed by atoms with E-state index >= 15 is 0 Å². The molecule has 18 heavy (non-hydrogen) atoms. The molecule has 1 unspecified atom stereocenters. The predicted octanol–water partition coefficient (Wildman–Crippen LogP) is 0.493. The lowest BCUT2D eigenvalue weighted by atomic mass is 10.0. The van der Waals surface area contributed by atoms with E-state index in [9.17, 15) is 4.79 Å². The van der Waals surface area contributed by atoms with Gasteiger partial charge in [0.15, 0.2) is 5.82 Å². The van der Waals surface area contributed by atoms with Crippen LogP contribution in [0, 0.1) is 0 Å². The highest BCUT2D eigenvalue weighted by molar-refractivity contribution is 5.73. The summed E-state index contributed by atoms with van der Waals surface area (Å²) in [7, 11) is 0. The van der Waals surface area contributed by atoms with Crippen molar-refractivity contribution in [2.75, 3.05) is 0 Å². The van der Waals surface area contributed by atoms with Crippen LogP contribution in [0.2, 0.25) is 0 Å². The Hall–Kier alpha value is -2.34. The molecule has 6 nitrogen and oxygen atoms in total. The number of nitrogens with two attached hydrogens (primary N) is 1. The van der Waals surface area contributed by atoms with Gasteiger partial charge in [0, 0.05) is 5.56 Å². The first-order valence-corrected chi connectivity index (χ1v) is 5.36. The standard InChI is InChI=1S/C12H12N4O2/c13-10(12(17)18)5-8-1-3-9(4-2-8)11-15-6-14-7-16-11/h1-4,6-7,10H,5,13H2,(H,17,18). The van der Waals surface area contributed by atoms with Crippen molar-refractivity contribution in [3.05, 3.63) is 42.5 Å². The fourth-order valence-electron chi connectivity index (χ4n) is 1.52. The molecule has 0 aliphatic rings. The molecule has 0 bridgehead atoms. The second-order valence-electron chi connectivity index (χ2n) is 3.81. The minimum Gasteiger partial charge on any atom is -0.480 e. The van der Waals surface area contributed by atoms with Crippen LogP contribution in [0.1, 0.15) is 5.56 Å². The highest BCUT2D eigenvalue weighted by Gasteiger charge is 2.12. The van der Waals surface area contributed by atoms with Gasteiger partial charge in [-0.05, 0) is 12.0 Å². The van der Waals surface area contributed by atoms with Gasteiger partial charge in [0.05, 0.1) is 0 Å². The van der Waals surface area contributed by atoms with Crippen LogP contribution in [-0.4, -0.2) is 32.1 Å². The van der Waals surface area contributed by atoms with E-state index in [1.807, 2.05) is 24.3 Å². The number of rotatable bonds is 4. The first-order chi connectivity index (χ1) is 8.66. The molecule has 92 valence electrons. The molecule has 3 N–H and O–H groups in total. The monoisotopic (exact) mass is 244 g/mol. The van der Waals surface area contributed by atoms with E-state index in [0.29, 0.717) is 12.2 Å². The molecule has 1 heterocycles. The van der Waals surface area contributed by atoms with Crippen molar-refractivity contribution in [2.45, 2.75) is 12.5 Å². The molecule has 0 saturated heterocycles. The summed E-state index contributed by atoms with van der Waals surface area (Å²) in [6.45, 7) is 0. The summed E-state index contributed by atoms with van der Waals surface area (Å²) in [5.74, 6) is -0.421. The third-order valence-electron chi connectivity index (χ3n) is 2.48. The summed E-state index contributed by atoms with van der Waals surface area (Å²) in [4.78, 5) is 22.4. The van der Waals surface area contributed by atoms with Gasteiger partial charge in [-0.3, -0.25) is 4.79 Å². The molecule has 0 amide bonds. The Kier molecular flexibility index (Phi) is 3.59. The molecule has 6 heteroatoms. The zero-order chi connectivity index (χ0) is 13.0. The second-order valence-corrected chi connectivity index (χ2v) is 3.81. The van der Waals surface area contributed by atoms with Gasteiger partial charge in [0.1, 0.15) is 18.7 Å². The fraction of sp³-hybridized carbons (Fsp3) is 0.167. The second kappa shape index (κ2) is 5.33. The minimum atomic E-state index is -1.00. The number of benzene rings is 1. The Morgan fingerprint density at radius 1 is 1.22 bits per heavy atom. The summed E-state index contributed by atoms with van der Waals surface area (Å²) >= 11 is 0. The van der Waals surface area contributed by atoms with Crippen LogP contribution in [0.25, 0.3) is 11.4 Å². The first kappa shape index (κ1) is 12.1. The lowest BCUT2D eigenvalue weighted by Crippen LogP contribution is -2.32. The van der Waals surface area contributed by atoms with Gasteiger partial charge >= 0.3 is 5.97 Å². The Morgan fingerprint density at radius 3 is 2.39 bits per heavy atom. The van der Waals surface area contributed by atoms with Gasteiger partial charge in [-0.1, -0.05) is 24.3 Å². The molecule has 0 radical (unpaired) electrons. The van der Waals surface area contributed by atoms with Crippen molar-refractivity contribution < 1.29 is 9.90 Å². The molecule has 0 aliphatic heterocycles. The van der Waals surface area contributed by atoms with Crippen LogP contribution >= 0.6 is 0 Å². The Balaban J connectivity index is 2.13. The van der Waals surface area contributed by atoms with Crippen LogP contribution in [0.3, 0.4) is 0 Å². The van der Waals surface area contributed by atoms with Crippen LogP contribution < -0.4 is 5.73 Å². The molecule has 0 spiro atoms. The average Bonchev–Trinajstić information content (AvgIpc) is 2.40. The smallest absolute Gasteiger partial charge is 0.320 e. The number of hydrogen-bond donors (Lipinski definition) is 2. The van der Waals surface area contributed by atoms with E-state index in [0.717, 1.165) is 11.1 Å². The molecular formula is C12H12N4O2. The van der Waals surface area contributed by atoms with Gasteiger partial charge < -0.3 is 10.8 Å². The zero-order valence-electron chi connectivity index (χ0n) is 9.52. The summed E-state index contributed by atoms with van der Waals surface area (Å²) in [6.07, 6.45) is 3.15. The highest BCUT2D eigenvalue weighted by Crippen LogP contribution is 2.14. The van der Waals surface area contributed by atoms with Gasteiger partial charge in [-0.2, -0.15) is 0 Å². The minimum absolute atomic E-state index is 0.298. The van der Waals surface area contributed by atoms with Crippen molar-refractivity contribution in [3.63, 3.8) is 0 Å². The Bertz CT molecular complexity index is 528. The van der Waals surface area contributed by atoms with Crippen LogP contribution in [0.5, 0.6) is 0 Å². The van der Waals surface area contributed by atoms with Gasteiger partial charge in [-0.25, -0.2) is 15.0 Å². The normalized spacial score (nSPS) is 12.1.